The Morgan fingerprint density at radius 1 is 1.11 bits per heavy atom. The fraction of sp³-hybridized carbons (Fsp3) is 0.188. The third-order valence-electron chi connectivity index (χ3n) is 3.35. The third kappa shape index (κ3) is 1.97. The number of anilines is 1. The number of nitrogen functional groups attached to an aromatic ring is 1. The minimum Gasteiger partial charge on any atom is -0.381 e. The molecule has 0 unspecified atom stereocenters. The maximum Gasteiger partial charge on any atom is 0.172 e. The molecule has 19 heavy (non-hydrogen) atoms. The number of hydrogen-bond acceptors (Lipinski definition) is 3. The fourth-order valence-electron chi connectivity index (χ4n) is 2.45. The second-order valence-electron chi connectivity index (χ2n) is 4.65. The molecule has 0 atom stereocenters. The second kappa shape index (κ2) is 4.76. The quantitative estimate of drug-likeness (QED) is 0.765. The van der Waals surface area contributed by atoms with Gasteiger partial charge in [0, 0.05) is 11.1 Å². The first-order valence-corrected chi connectivity index (χ1v) is 6.53. The Labute approximate surface area is 112 Å². The molecule has 0 spiro atoms. The van der Waals surface area contributed by atoms with Crippen LogP contribution in [0.2, 0.25) is 0 Å². The molecule has 0 radical (unpaired) electrons. The van der Waals surface area contributed by atoms with Gasteiger partial charge in [-0.15, -0.1) is 0 Å². The van der Waals surface area contributed by atoms with Gasteiger partial charge in [0.1, 0.15) is 0 Å². The van der Waals surface area contributed by atoms with Crippen molar-refractivity contribution in [1.29, 1.82) is 0 Å². The average molecular weight is 252 g/mol. The van der Waals surface area contributed by atoms with Gasteiger partial charge in [0.05, 0.1) is 0 Å². The highest BCUT2D eigenvalue weighted by atomic mass is 16.5. The molecule has 0 aliphatic carbocycles. The lowest BCUT2D eigenvalue weighted by atomic mass is 9.99. The van der Waals surface area contributed by atoms with Crippen LogP contribution in [0.15, 0.2) is 47.0 Å². The number of aromatic nitrogens is 1. The summed E-state index contributed by atoms with van der Waals surface area (Å²) in [5.41, 5.74) is 7.98. The Morgan fingerprint density at radius 2 is 1.89 bits per heavy atom. The summed E-state index contributed by atoms with van der Waals surface area (Å²) in [5, 5.41) is 6.28. The molecule has 0 aliphatic heterocycles. The van der Waals surface area contributed by atoms with Crippen LogP contribution in [0, 0.1) is 0 Å². The minimum atomic E-state index is 0.504. The summed E-state index contributed by atoms with van der Waals surface area (Å²) < 4.78 is 5.47. The van der Waals surface area contributed by atoms with Crippen molar-refractivity contribution in [1.82, 2.24) is 5.16 Å². The molecule has 1 heterocycles. The van der Waals surface area contributed by atoms with Crippen LogP contribution in [0.3, 0.4) is 0 Å². The van der Waals surface area contributed by atoms with Crippen molar-refractivity contribution in [3.05, 3.63) is 48.0 Å². The van der Waals surface area contributed by atoms with Gasteiger partial charge in [0.15, 0.2) is 11.6 Å². The fourth-order valence-corrected chi connectivity index (χ4v) is 2.45. The zero-order chi connectivity index (χ0) is 13.2. The molecule has 3 rings (SSSR count). The molecule has 3 nitrogen and oxygen atoms in total. The number of nitrogens with two attached hydrogens (primary N) is 1. The molecular formula is C16H16N2O. The van der Waals surface area contributed by atoms with E-state index in [1.165, 1.54) is 10.8 Å². The molecule has 2 aromatic carbocycles. The van der Waals surface area contributed by atoms with Gasteiger partial charge in [-0.05, 0) is 17.2 Å². The monoisotopic (exact) mass is 252 g/mol. The van der Waals surface area contributed by atoms with Crippen LogP contribution in [0.1, 0.15) is 18.9 Å². The minimum absolute atomic E-state index is 0.504. The summed E-state index contributed by atoms with van der Waals surface area (Å²) in [7, 11) is 0. The number of hydrogen-bond donors (Lipinski definition) is 1. The maximum absolute atomic E-state index is 5.90. The van der Waals surface area contributed by atoms with Gasteiger partial charge in [-0.3, -0.25) is 0 Å². The topological polar surface area (TPSA) is 52.0 Å². The molecule has 96 valence electrons. The van der Waals surface area contributed by atoms with Gasteiger partial charge >= 0.3 is 0 Å². The molecule has 0 saturated heterocycles. The lowest BCUT2D eigenvalue weighted by molar-refractivity contribution is 0.435. The molecule has 0 aliphatic rings. The van der Waals surface area contributed by atoms with Crippen molar-refractivity contribution in [2.45, 2.75) is 19.8 Å². The Bertz CT molecular complexity index is 710. The first-order valence-electron chi connectivity index (χ1n) is 6.53. The van der Waals surface area contributed by atoms with Crippen LogP contribution in [0.25, 0.3) is 22.1 Å². The zero-order valence-corrected chi connectivity index (χ0v) is 10.9. The summed E-state index contributed by atoms with van der Waals surface area (Å²) in [5.74, 6) is 1.31. The van der Waals surface area contributed by atoms with Crippen LogP contribution < -0.4 is 5.73 Å². The largest absolute Gasteiger partial charge is 0.381 e. The van der Waals surface area contributed by atoms with Crippen molar-refractivity contribution in [2.75, 3.05) is 5.73 Å². The zero-order valence-electron chi connectivity index (χ0n) is 10.9. The summed E-state index contributed by atoms with van der Waals surface area (Å²) in [4.78, 5) is 0. The normalized spacial score (nSPS) is 11.0. The maximum atomic E-state index is 5.90. The van der Waals surface area contributed by atoms with Crippen molar-refractivity contribution in [3.8, 4) is 11.3 Å². The van der Waals surface area contributed by atoms with E-state index < -0.39 is 0 Å². The van der Waals surface area contributed by atoms with Crippen LogP contribution in [-0.4, -0.2) is 5.16 Å². The summed E-state index contributed by atoms with van der Waals surface area (Å²) in [6.45, 7) is 2.12. The van der Waals surface area contributed by atoms with Crippen LogP contribution in [0.5, 0.6) is 0 Å². The predicted molar refractivity (Wildman–Crippen MR) is 77.9 cm³/mol. The van der Waals surface area contributed by atoms with E-state index in [9.17, 15) is 0 Å². The summed E-state index contributed by atoms with van der Waals surface area (Å²) >= 11 is 0. The lowest BCUT2D eigenvalue weighted by Gasteiger charge is -2.05. The molecule has 0 bridgehead atoms. The highest BCUT2D eigenvalue weighted by Crippen LogP contribution is 2.33. The number of nitrogens with zero attached hydrogens (tertiary/aromatic N) is 1. The summed E-state index contributed by atoms with van der Waals surface area (Å²) in [6.07, 6.45) is 1.90. The van der Waals surface area contributed by atoms with Crippen LogP contribution in [-0.2, 0) is 6.42 Å². The Morgan fingerprint density at radius 3 is 2.74 bits per heavy atom. The van der Waals surface area contributed by atoms with Gasteiger partial charge in [-0.1, -0.05) is 61.0 Å². The van der Waals surface area contributed by atoms with E-state index in [1.807, 2.05) is 18.2 Å². The lowest BCUT2D eigenvalue weighted by Crippen LogP contribution is -1.93. The smallest absolute Gasteiger partial charge is 0.172 e. The molecular weight excluding hydrogens is 236 g/mol. The van der Waals surface area contributed by atoms with E-state index in [0.717, 1.165) is 29.7 Å². The molecule has 0 saturated carbocycles. The first kappa shape index (κ1) is 11.8. The Balaban J connectivity index is 2.25. The molecule has 3 heteroatoms. The van der Waals surface area contributed by atoms with Gasteiger partial charge in [-0.25, -0.2) is 0 Å². The molecule has 2 N–H and O–H groups in total. The highest BCUT2D eigenvalue weighted by Gasteiger charge is 2.16. The van der Waals surface area contributed by atoms with Gasteiger partial charge in [-0.2, -0.15) is 0 Å². The number of fused-ring (bicyclic) bond motifs is 1. The van der Waals surface area contributed by atoms with Crippen LogP contribution in [0.4, 0.5) is 5.82 Å². The van der Waals surface area contributed by atoms with Crippen molar-refractivity contribution in [3.63, 3.8) is 0 Å². The van der Waals surface area contributed by atoms with E-state index in [0.29, 0.717) is 5.82 Å². The van der Waals surface area contributed by atoms with Crippen LogP contribution >= 0.6 is 0 Å². The van der Waals surface area contributed by atoms with Gasteiger partial charge in [0.25, 0.3) is 0 Å². The average Bonchev–Trinajstić information content (AvgIpc) is 2.80. The van der Waals surface area contributed by atoms with Crippen molar-refractivity contribution in [2.24, 2.45) is 0 Å². The van der Waals surface area contributed by atoms with Gasteiger partial charge in [0.2, 0.25) is 0 Å². The number of rotatable bonds is 3. The molecule has 0 amide bonds. The van der Waals surface area contributed by atoms with Crippen molar-refractivity contribution >= 4 is 16.6 Å². The van der Waals surface area contributed by atoms with E-state index in [1.54, 1.807) is 0 Å². The standard InChI is InChI=1S/C16H16N2O/c1-2-6-14-15(19-18-16(14)17)13-10-5-8-11-7-3-4-9-12(11)13/h3-5,7-10H,2,6H2,1H3,(H2,17,18). The van der Waals surface area contributed by atoms with Crippen molar-refractivity contribution < 1.29 is 4.52 Å². The number of benzene rings is 2. The predicted octanol–water partition coefficient (Wildman–Crippen LogP) is 4.03. The van der Waals surface area contributed by atoms with E-state index >= 15 is 0 Å². The molecule has 0 fully saturated rings. The molecule has 3 aromatic rings. The molecule has 1 aromatic heterocycles. The van der Waals surface area contributed by atoms with E-state index in [2.05, 4.69) is 36.3 Å². The van der Waals surface area contributed by atoms with Gasteiger partial charge < -0.3 is 10.3 Å². The Hall–Kier alpha value is -2.29. The highest BCUT2D eigenvalue weighted by molar-refractivity contribution is 5.96. The Kier molecular flexibility index (Phi) is 2.95. The third-order valence-corrected chi connectivity index (χ3v) is 3.35. The first-order chi connectivity index (χ1) is 9.31. The second-order valence-corrected chi connectivity index (χ2v) is 4.65. The van der Waals surface area contributed by atoms with E-state index in [4.69, 9.17) is 10.3 Å². The summed E-state index contributed by atoms with van der Waals surface area (Å²) in [6, 6.07) is 14.4. The van der Waals surface area contributed by atoms with E-state index in [-0.39, 0.29) is 0 Å². The SMILES string of the molecule is CCCc1c(N)noc1-c1cccc2ccccc12.